The Balaban J connectivity index is 2.32. The van der Waals surface area contributed by atoms with Gasteiger partial charge in [-0.25, -0.2) is 0 Å². The molecule has 4 heteroatoms. The van der Waals surface area contributed by atoms with E-state index in [0.717, 1.165) is 22.9 Å². The minimum atomic E-state index is -0.00649. The molecule has 1 amide bonds. The number of alkyl halides is 1. The molecule has 0 spiro atoms. The molecule has 1 N–H and O–H groups in total. The fourth-order valence-electron chi connectivity index (χ4n) is 1.70. The largest absolute Gasteiger partial charge is 0.381 e. The predicted octanol–water partition coefficient (Wildman–Crippen LogP) is 2.83. The Morgan fingerprint density at radius 3 is 2.78 bits per heavy atom. The van der Waals surface area contributed by atoms with Crippen LogP contribution in [-0.2, 0) is 4.74 Å². The van der Waals surface area contributed by atoms with Crippen molar-refractivity contribution < 1.29 is 9.53 Å². The Labute approximate surface area is 117 Å². The third-order valence-electron chi connectivity index (χ3n) is 2.60. The summed E-state index contributed by atoms with van der Waals surface area (Å²) < 4.78 is 5.31. The van der Waals surface area contributed by atoms with Gasteiger partial charge in [-0.15, -0.1) is 0 Å². The van der Waals surface area contributed by atoms with Crippen molar-refractivity contribution in [3.8, 4) is 0 Å². The second kappa shape index (κ2) is 8.27. The quantitative estimate of drug-likeness (QED) is 0.621. The molecule has 0 bridgehead atoms. The highest BCUT2D eigenvalue weighted by Gasteiger charge is 2.07. The molecule has 0 aliphatic heterocycles. The van der Waals surface area contributed by atoms with Crippen LogP contribution in [-0.4, -0.2) is 31.0 Å². The third kappa shape index (κ3) is 5.19. The summed E-state index contributed by atoms with van der Waals surface area (Å²) in [4.78, 5) is 11.9. The molecule has 0 aromatic heterocycles. The first kappa shape index (κ1) is 15.2. The van der Waals surface area contributed by atoms with Crippen molar-refractivity contribution >= 4 is 21.8 Å². The number of amides is 1. The summed E-state index contributed by atoms with van der Waals surface area (Å²) in [6.07, 6.45) is 0.837. The fraction of sp³-hybridized carbons (Fsp3) is 0.500. The van der Waals surface area contributed by atoms with Crippen LogP contribution in [0.1, 0.15) is 27.9 Å². The molecular formula is C14H20BrNO2. The minimum absolute atomic E-state index is 0.00649. The molecule has 0 aliphatic carbocycles. The lowest BCUT2D eigenvalue weighted by molar-refractivity contribution is 0.0944. The SMILES string of the molecule is Cc1ccc(C(=O)NCCCOCCBr)c(C)c1. The van der Waals surface area contributed by atoms with E-state index in [-0.39, 0.29) is 5.91 Å². The number of hydrogen-bond acceptors (Lipinski definition) is 2. The number of halogens is 1. The highest BCUT2D eigenvalue weighted by molar-refractivity contribution is 9.09. The Morgan fingerprint density at radius 1 is 1.33 bits per heavy atom. The van der Waals surface area contributed by atoms with E-state index < -0.39 is 0 Å². The molecule has 0 heterocycles. The summed E-state index contributed by atoms with van der Waals surface area (Å²) in [5.74, 6) is -0.00649. The molecule has 100 valence electrons. The zero-order valence-corrected chi connectivity index (χ0v) is 12.5. The molecule has 3 nitrogen and oxygen atoms in total. The summed E-state index contributed by atoms with van der Waals surface area (Å²) in [5, 5.41) is 3.75. The Kier molecular flexibility index (Phi) is 6.98. The van der Waals surface area contributed by atoms with Crippen LogP contribution >= 0.6 is 15.9 Å². The van der Waals surface area contributed by atoms with Crippen LogP contribution in [0.15, 0.2) is 18.2 Å². The smallest absolute Gasteiger partial charge is 0.251 e. The molecule has 1 rings (SSSR count). The molecule has 1 aromatic rings. The summed E-state index contributed by atoms with van der Waals surface area (Å²) in [7, 11) is 0. The summed E-state index contributed by atoms with van der Waals surface area (Å²) in [5.41, 5.74) is 2.94. The number of benzene rings is 1. The maximum absolute atomic E-state index is 11.9. The molecule has 1 aromatic carbocycles. The van der Waals surface area contributed by atoms with Crippen molar-refractivity contribution in [1.82, 2.24) is 5.32 Å². The number of nitrogens with one attached hydrogen (secondary N) is 1. The number of aryl methyl sites for hydroxylation is 2. The van der Waals surface area contributed by atoms with Gasteiger partial charge in [-0.05, 0) is 31.9 Å². The first-order chi connectivity index (χ1) is 8.65. The van der Waals surface area contributed by atoms with Gasteiger partial charge >= 0.3 is 0 Å². The molecule has 0 saturated heterocycles. The first-order valence-corrected chi connectivity index (χ1v) is 7.26. The van der Waals surface area contributed by atoms with Crippen LogP contribution in [0.3, 0.4) is 0 Å². The van der Waals surface area contributed by atoms with Crippen molar-refractivity contribution in [3.05, 3.63) is 34.9 Å². The molecule has 18 heavy (non-hydrogen) atoms. The number of carbonyl (C=O) groups excluding carboxylic acids is 1. The van der Waals surface area contributed by atoms with Crippen LogP contribution < -0.4 is 5.32 Å². The Morgan fingerprint density at radius 2 is 2.11 bits per heavy atom. The predicted molar refractivity (Wildman–Crippen MR) is 77.5 cm³/mol. The second-order valence-electron chi connectivity index (χ2n) is 4.23. The lowest BCUT2D eigenvalue weighted by Crippen LogP contribution is -2.26. The summed E-state index contributed by atoms with van der Waals surface area (Å²) >= 11 is 3.29. The van der Waals surface area contributed by atoms with E-state index >= 15 is 0 Å². The van der Waals surface area contributed by atoms with Crippen molar-refractivity contribution in [3.63, 3.8) is 0 Å². The molecule has 0 aliphatic rings. The first-order valence-electron chi connectivity index (χ1n) is 6.14. The van der Waals surface area contributed by atoms with Crippen molar-refractivity contribution in [2.24, 2.45) is 0 Å². The van der Waals surface area contributed by atoms with Gasteiger partial charge in [0.1, 0.15) is 0 Å². The van der Waals surface area contributed by atoms with Crippen LogP contribution in [0.2, 0.25) is 0 Å². The number of rotatable bonds is 7. The van der Waals surface area contributed by atoms with Crippen LogP contribution in [0.4, 0.5) is 0 Å². The van der Waals surface area contributed by atoms with Gasteiger partial charge in [0.25, 0.3) is 5.91 Å². The third-order valence-corrected chi connectivity index (χ3v) is 2.92. The zero-order valence-electron chi connectivity index (χ0n) is 11.0. The lowest BCUT2D eigenvalue weighted by Gasteiger charge is -2.08. The van der Waals surface area contributed by atoms with Crippen molar-refractivity contribution in [2.75, 3.05) is 25.1 Å². The van der Waals surface area contributed by atoms with Crippen molar-refractivity contribution in [2.45, 2.75) is 20.3 Å². The van der Waals surface area contributed by atoms with E-state index in [9.17, 15) is 4.79 Å². The number of carbonyl (C=O) groups is 1. The monoisotopic (exact) mass is 313 g/mol. The van der Waals surface area contributed by atoms with Crippen molar-refractivity contribution in [1.29, 1.82) is 0 Å². The minimum Gasteiger partial charge on any atom is -0.381 e. The zero-order chi connectivity index (χ0) is 13.4. The van der Waals surface area contributed by atoms with Gasteiger partial charge < -0.3 is 10.1 Å². The summed E-state index contributed by atoms with van der Waals surface area (Å²) in [6.45, 7) is 6.02. The highest BCUT2D eigenvalue weighted by atomic mass is 79.9. The van der Waals surface area contributed by atoms with Gasteiger partial charge in [-0.3, -0.25) is 4.79 Å². The normalized spacial score (nSPS) is 10.4. The van der Waals surface area contributed by atoms with Gasteiger partial charge in [0.15, 0.2) is 0 Å². The van der Waals surface area contributed by atoms with Crippen LogP contribution in [0.5, 0.6) is 0 Å². The van der Waals surface area contributed by atoms with Gasteiger partial charge in [-0.1, -0.05) is 33.6 Å². The fourth-order valence-corrected chi connectivity index (χ4v) is 1.93. The van der Waals surface area contributed by atoms with E-state index in [0.29, 0.717) is 19.8 Å². The van der Waals surface area contributed by atoms with Gasteiger partial charge in [-0.2, -0.15) is 0 Å². The molecule has 0 unspecified atom stereocenters. The van der Waals surface area contributed by atoms with E-state index in [4.69, 9.17) is 4.74 Å². The van der Waals surface area contributed by atoms with E-state index in [1.165, 1.54) is 5.56 Å². The Hall–Kier alpha value is -0.870. The van der Waals surface area contributed by atoms with E-state index in [1.54, 1.807) is 0 Å². The maximum atomic E-state index is 11.9. The highest BCUT2D eigenvalue weighted by Crippen LogP contribution is 2.10. The van der Waals surface area contributed by atoms with Gasteiger partial charge in [0.2, 0.25) is 0 Å². The van der Waals surface area contributed by atoms with E-state index in [1.807, 2.05) is 32.0 Å². The standard InChI is InChI=1S/C14H20BrNO2/c1-11-4-5-13(12(2)10-11)14(17)16-7-3-8-18-9-6-15/h4-5,10H,3,6-9H2,1-2H3,(H,16,17). The molecule has 0 saturated carbocycles. The van der Waals surface area contributed by atoms with Crippen LogP contribution in [0.25, 0.3) is 0 Å². The van der Waals surface area contributed by atoms with Gasteiger partial charge in [0.05, 0.1) is 6.61 Å². The number of ether oxygens (including phenoxy) is 1. The lowest BCUT2D eigenvalue weighted by atomic mass is 10.1. The molecule has 0 radical (unpaired) electrons. The van der Waals surface area contributed by atoms with Crippen LogP contribution in [0, 0.1) is 13.8 Å². The average Bonchev–Trinajstić information content (AvgIpc) is 2.33. The second-order valence-corrected chi connectivity index (χ2v) is 5.02. The Bertz CT molecular complexity index is 393. The van der Waals surface area contributed by atoms with E-state index in [2.05, 4.69) is 21.2 Å². The number of hydrogen-bond donors (Lipinski definition) is 1. The molecule has 0 fully saturated rings. The van der Waals surface area contributed by atoms with Gasteiger partial charge in [0, 0.05) is 24.0 Å². The average molecular weight is 314 g/mol. The topological polar surface area (TPSA) is 38.3 Å². The maximum Gasteiger partial charge on any atom is 0.251 e. The molecule has 0 atom stereocenters. The molecular weight excluding hydrogens is 294 g/mol. The summed E-state index contributed by atoms with van der Waals surface area (Å²) in [6, 6.07) is 5.86.